The van der Waals surface area contributed by atoms with Gasteiger partial charge in [0.2, 0.25) is 11.8 Å². The van der Waals surface area contributed by atoms with Gasteiger partial charge < -0.3 is 15.0 Å². The van der Waals surface area contributed by atoms with Gasteiger partial charge in [0.1, 0.15) is 11.1 Å². The second kappa shape index (κ2) is 10.2. The summed E-state index contributed by atoms with van der Waals surface area (Å²) in [5.74, 6) is 2.80. The molecule has 0 bridgehead atoms. The van der Waals surface area contributed by atoms with E-state index < -0.39 is 17.2 Å². The molecule has 2 rings (SSSR count). The van der Waals surface area contributed by atoms with Crippen molar-refractivity contribution in [3.63, 3.8) is 0 Å². The van der Waals surface area contributed by atoms with Crippen molar-refractivity contribution in [3.05, 3.63) is 0 Å². The Bertz CT molecular complexity index is 679. The largest absolute Gasteiger partial charge is 0.444 e. The normalized spacial score (nSPS) is 24.3. The van der Waals surface area contributed by atoms with Crippen LogP contribution in [-0.2, 0) is 14.3 Å². The highest BCUT2D eigenvalue weighted by Crippen LogP contribution is 2.36. The van der Waals surface area contributed by atoms with Crippen LogP contribution in [0.5, 0.6) is 0 Å². The van der Waals surface area contributed by atoms with Gasteiger partial charge in [-0.1, -0.05) is 6.92 Å². The number of nitrogens with zero attached hydrogens (tertiary/aromatic N) is 2. The third kappa shape index (κ3) is 5.90. The maximum absolute atomic E-state index is 13.7. The quantitative estimate of drug-likeness (QED) is 0.672. The summed E-state index contributed by atoms with van der Waals surface area (Å²) >= 11 is 0. The average molecular weight is 420 g/mol. The Hall–Kier alpha value is -2.23. The van der Waals surface area contributed by atoms with Crippen molar-refractivity contribution in [2.45, 2.75) is 83.8 Å². The summed E-state index contributed by atoms with van der Waals surface area (Å²) in [6.45, 7) is 9.67. The predicted octanol–water partition coefficient (Wildman–Crippen LogP) is 2.93. The Morgan fingerprint density at radius 1 is 1.23 bits per heavy atom. The van der Waals surface area contributed by atoms with Crippen LogP contribution in [0.4, 0.5) is 4.79 Å². The predicted molar refractivity (Wildman–Crippen MR) is 116 cm³/mol. The third-order valence-electron chi connectivity index (χ3n) is 5.77. The zero-order valence-corrected chi connectivity index (χ0v) is 19.0. The molecule has 0 aromatic carbocycles. The summed E-state index contributed by atoms with van der Waals surface area (Å²) in [4.78, 5) is 41.7. The number of ether oxygens (including phenoxy) is 1. The van der Waals surface area contributed by atoms with E-state index in [0.29, 0.717) is 39.0 Å². The SMILES string of the molecule is C#CC[C@]1(C(=O)N2CCC[C@@H](CNC(=O)CCC)C2)CCCN1C(=O)OC(C)(C)C. The minimum Gasteiger partial charge on any atom is -0.444 e. The maximum Gasteiger partial charge on any atom is 0.411 e. The van der Waals surface area contributed by atoms with E-state index in [1.165, 1.54) is 0 Å². The maximum atomic E-state index is 13.7. The lowest BCUT2D eigenvalue weighted by Gasteiger charge is -2.42. The Labute approximate surface area is 180 Å². The van der Waals surface area contributed by atoms with Crippen LogP contribution in [0.2, 0.25) is 0 Å². The second-order valence-corrected chi connectivity index (χ2v) is 9.46. The molecular weight excluding hydrogens is 382 g/mol. The van der Waals surface area contributed by atoms with Crippen LogP contribution < -0.4 is 5.32 Å². The Morgan fingerprint density at radius 3 is 2.60 bits per heavy atom. The van der Waals surface area contributed by atoms with Crippen LogP contribution in [0.15, 0.2) is 0 Å². The molecule has 1 N–H and O–H groups in total. The zero-order valence-electron chi connectivity index (χ0n) is 19.0. The summed E-state index contributed by atoms with van der Waals surface area (Å²) in [5.41, 5.74) is -1.68. The first-order chi connectivity index (χ1) is 14.1. The molecule has 0 aromatic heterocycles. The summed E-state index contributed by atoms with van der Waals surface area (Å²) in [6.07, 6.45) is 9.78. The van der Waals surface area contributed by atoms with Gasteiger partial charge >= 0.3 is 6.09 Å². The summed E-state index contributed by atoms with van der Waals surface area (Å²) in [7, 11) is 0. The molecule has 0 radical (unpaired) electrons. The number of amides is 3. The third-order valence-corrected chi connectivity index (χ3v) is 5.77. The fourth-order valence-corrected chi connectivity index (χ4v) is 4.40. The van der Waals surface area contributed by atoms with Crippen LogP contribution >= 0.6 is 0 Å². The fraction of sp³-hybridized carbons (Fsp3) is 0.783. The van der Waals surface area contributed by atoms with E-state index in [0.717, 1.165) is 25.7 Å². The molecule has 0 saturated carbocycles. The van der Waals surface area contributed by atoms with E-state index in [9.17, 15) is 14.4 Å². The van der Waals surface area contributed by atoms with E-state index in [4.69, 9.17) is 11.2 Å². The van der Waals surface area contributed by atoms with Gasteiger partial charge in [-0.25, -0.2) is 4.79 Å². The van der Waals surface area contributed by atoms with Crippen LogP contribution in [0.1, 0.15) is 72.6 Å². The summed E-state index contributed by atoms with van der Waals surface area (Å²) in [5, 5.41) is 2.98. The van der Waals surface area contributed by atoms with Gasteiger partial charge in [0, 0.05) is 39.0 Å². The molecule has 0 unspecified atom stereocenters. The number of carbonyl (C=O) groups excluding carboxylic acids is 3. The van der Waals surface area contributed by atoms with Crippen molar-refractivity contribution < 1.29 is 19.1 Å². The van der Waals surface area contributed by atoms with Crippen LogP contribution in [-0.4, -0.2) is 65.0 Å². The number of carbonyl (C=O) groups is 3. The molecular formula is C23H37N3O4. The number of nitrogens with one attached hydrogen (secondary N) is 1. The number of terminal acetylenes is 1. The molecule has 2 saturated heterocycles. The van der Waals surface area contributed by atoms with Gasteiger partial charge in [-0.15, -0.1) is 12.3 Å². The first-order valence-electron chi connectivity index (χ1n) is 11.1. The van der Waals surface area contributed by atoms with Crippen molar-refractivity contribution in [1.29, 1.82) is 0 Å². The molecule has 2 aliphatic heterocycles. The van der Waals surface area contributed by atoms with Gasteiger partial charge in [-0.2, -0.15) is 0 Å². The lowest BCUT2D eigenvalue weighted by molar-refractivity contribution is -0.144. The fourth-order valence-electron chi connectivity index (χ4n) is 4.40. The molecule has 0 aliphatic carbocycles. The van der Waals surface area contributed by atoms with E-state index in [2.05, 4.69) is 11.2 Å². The summed E-state index contributed by atoms with van der Waals surface area (Å²) in [6, 6.07) is 0. The lowest BCUT2D eigenvalue weighted by Crippen LogP contribution is -2.60. The van der Waals surface area contributed by atoms with Gasteiger partial charge in [-0.3, -0.25) is 14.5 Å². The van der Waals surface area contributed by atoms with Gasteiger partial charge in [0.15, 0.2) is 0 Å². The van der Waals surface area contributed by atoms with Crippen molar-refractivity contribution in [3.8, 4) is 12.3 Å². The number of likely N-dealkylation sites (tertiary alicyclic amines) is 2. The minimum atomic E-state index is -1.04. The number of rotatable bonds is 6. The smallest absolute Gasteiger partial charge is 0.411 e. The Kier molecular flexibility index (Phi) is 8.17. The monoisotopic (exact) mass is 419 g/mol. The molecule has 7 heteroatoms. The molecule has 2 atom stereocenters. The van der Waals surface area contributed by atoms with E-state index in [1.807, 2.05) is 32.6 Å². The molecule has 2 heterocycles. The van der Waals surface area contributed by atoms with Crippen molar-refractivity contribution in [2.75, 3.05) is 26.2 Å². The van der Waals surface area contributed by atoms with Gasteiger partial charge in [0.25, 0.3) is 0 Å². The zero-order chi connectivity index (χ0) is 22.4. The first kappa shape index (κ1) is 24.0. The van der Waals surface area contributed by atoms with Crippen LogP contribution in [0, 0.1) is 18.3 Å². The lowest BCUT2D eigenvalue weighted by atomic mass is 9.88. The highest BCUT2D eigenvalue weighted by Gasteiger charge is 2.52. The van der Waals surface area contributed by atoms with Crippen molar-refractivity contribution >= 4 is 17.9 Å². The number of hydrogen-bond donors (Lipinski definition) is 1. The number of hydrogen-bond acceptors (Lipinski definition) is 4. The molecule has 30 heavy (non-hydrogen) atoms. The van der Waals surface area contributed by atoms with E-state index in [-0.39, 0.29) is 24.2 Å². The standard InChI is InChI=1S/C23H37N3O4/c1-6-10-19(27)24-16-18-11-8-14-25(17-18)20(28)23(12-7-2)13-9-15-26(23)21(29)30-22(3,4)5/h2,18H,6,8-17H2,1,3-5H3,(H,24,27)/t18-,23+/m0/s1. The van der Waals surface area contributed by atoms with Gasteiger partial charge in [0.05, 0.1) is 0 Å². The van der Waals surface area contributed by atoms with Crippen molar-refractivity contribution in [2.24, 2.45) is 5.92 Å². The van der Waals surface area contributed by atoms with Gasteiger partial charge in [-0.05, 0) is 58.8 Å². The average Bonchev–Trinajstić information content (AvgIpc) is 3.10. The molecule has 168 valence electrons. The Morgan fingerprint density at radius 2 is 1.97 bits per heavy atom. The van der Waals surface area contributed by atoms with E-state index >= 15 is 0 Å². The highest BCUT2D eigenvalue weighted by molar-refractivity contribution is 5.91. The second-order valence-electron chi connectivity index (χ2n) is 9.46. The molecule has 7 nitrogen and oxygen atoms in total. The van der Waals surface area contributed by atoms with Crippen molar-refractivity contribution in [1.82, 2.24) is 15.1 Å². The highest BCUT2D eigenvalue weighted by atomic mass is 16.6. The summed E-state index contributed by atoms with van der Waals surface area (Å²) < 4.78 is 5.57. The molecule has 2 aliphatic rings. The topological polar surface area (TPSA) is 79.0 Å². The van der Waals surface area contributed by atoms with Crippen LogP contribution in [0.25, 0.3) is 0 Å². The van der Waals surface area contributed by atoms with Crippen LogP contribution in [0.3, 0.4) is 0 Å². The van der Waals surface area contributed by atoms with E-state index in [1.54, 1.807) is 4.90 Å². The molecule has 3 amide bonds. The number of piperidine rings is 1. The minimum absolute atomic E-state index is 0.0524. The molecule has 2 fully saturated rings. The molecule has 0 spiro atoms. The Balaban J connectivity index is 2.12. The first-order valence-corrected chi connectivity index (χ1v) is 11.1. The molecule has 0 aromatic rings.